The van der Waals surface area contributed by atoms with Gasteiger partial charge in [0.05, 0.1) is 5.92 Å². The average Bonchev–Trinajstić information content (AvgIpc) is 3.05. The lowest BCUT2D eigenvalue weighted by Crippen LogP contribution is -2.44. The summed E-state index contributed by atoms with van der Waals surface area (Å²) in [5, 5.41) is 4.04. The van der Waals surface area contributed by atoms with Gasteiger partial charge in [-0.2, -0.15) is 4.98 Å². The minimum atomic E-state index is 0.0265. The molecule has 0 saturated carbocycles. The number of hydrogen-bond acceptors (Lipinski definition) is 5. The van der Waals surface area contributed by atoms with Crippen LogP contribution < -0.4 is 0 Å². The molecule has 3 heterocycles. The summed E-state index contributed by atoms with van der Waals surface area (Å²) in [6.07, 6.45) is 5.29. The maximum absolute atomic E-state index is 12.1. The van der Waals surface area contributed by atoms with Crippen molar-refractivity contribution < 1.29 is 9.32 Å². The van der Waals surface area contributed by atoms with Crippen LogP contribution >= 0.6 is 0 Å². The molecule has 7 heteroatoms. The predicted molar refractivity (Wildman–Crippen MR) is 80.2 cm³/mol. The molecule has 1 unspecified atom stereocenters. The zero-order chi connectivity index (χ0) is 15.5. The van der Waals surface area contributed by atoms with E-state index in [-0.39, 0.29) is 11.9 Å². The Morgan fingerprint density at radius 2 is 2.14 bits per heavy atom. The molecule has 1 fully saturated rings. The Bertz CT molecular complexity index is 640. The van der Waals surface area contributed by atoms with Crippen molar-refractivity contribution in [1.82, 2.24) is 24.9 Å². The Morgan fingerprint density at radius 3 is 2.86 bits per heavy atom. The zero-order valence-corrected chi connectivity index (χ0v) is 12.8. The third-order valence-electron chi connectivity index (χ3n) is 3.80. The average molecular weight is 301 g/mol. The SMILES string of the molecule is CN(C)C(=O)N1CCCC(c2nc(-c3ccncc3)no2)C1. The van der Waals surface area contributed by atoms with E-state index in [0.717, 1.165) is 24.9 Å². The second kappa shape index (κ2) is 6.13. The smallest absolute Gasteiger partial charge is 0.319 e. The summed E-state index contributed by atoms with van der Waals surface area (Å²) in [5.41, 5.74) is 0.877. The van der Waals surface area contributed by atoms with E-state index < -0.39 is 0 Å². The van der Waals surface area contributed by atoms with E-state index in [1.165, 1.54) is 0 Å². The number of carbonyl (C=O) groups is 1. The lowest BCUT2D eigenvalue weighted by Gasteiger charge is -2.32. The van der Waals surface area contributed by atoms with Crippen molar-refractivity contribution in [3.63, 3.8) is 0 Å². The standard InChI is InChI=1S/C15H19N5O2/c1-19(2)15(21)20-9-3-4-12(10-20)14-17-13(18-22-14)11-5-7-16-8-6-11/h5-8,12H,3-4,9-10H2,1-2H3. The van der Waals surface area contributed by atoms with Crippen LogP contribution in [0.3, 0.4) is 0 Å². The molecule has 1 aliphatic heterocycles. The van der Waals surface area contributed by atoms with E-state index in [0.29, 0.717) is 18.3 Å². The molecule has 116 valence electrons. The van der Waals surface area contributed by atoms with Crippen molar-refractivity contribution in [2.75, 3.05) is 27.2 Å². The van der Waals surface area contributed by atoms with Gasteiger partial charge in [-0.15, -0.1) is 0 Å². The molecule has 22 heavy (non-hydrogen) atoms. The molecule has 0 aliphatic carbocycles. The van der Waals surface area contributed by atoms with Gasteiger partial charge in [-0.1, -0.05) is 5.16 Å². The number of aromatic nitrogens is 3. The highest BCUT2D eigenvalue weighted by Gasteiger charge is 2.29. The predicted octanol–water partition coefficient (Wildman–Crippen LogP) is 1.99. The highest BCUT2D eigenvalue weighted by atomic mass is 16.5. The summed E-state index contributed by atoms with van der Waals surface area (Å²) < 4.78 is 5.41. The Hall–Kier alpha value is -2.44. The van der Waals surface area contributed by atoms with E-state index in [2.05, 4.69) is 15.1 Å². The number of amides is 2. The minimum Gasteiger partial charge on any atom is -0.339 e. The van der Waals surface area contributed by atoms with Gasteiger partial charge in [-0.3, -0.25) is 4.98 Å². The Kier molecular flexibility index (Phi) is 4.04. The first-order chi connectivity index (χ1) is 10.6. The molecule has 1 aliphatic rings. The summed E-state index contributed by atoms with van der Waals surface area (Å²) >= 11 is 0. The van der Waals surface area contributed by atoms with Gasteiger partial charge in [-0.25, -0.2) is 4.79 Å². The molecule has 1 saturated heterocycles. The van der Waals surface area contributed by atoms with Gasteiger partial charge < -0.3 is 14.3 Å². The van der Waals surface area contributed by atoms with Crippen LogP contribution in [0.5, 0.6) is 0 Å². The van der Waals surface area contributed by atoms with Crippen LogP contribution in [0.25, 0.3) is 11.4 Å². The molecule has 2 aromatic heterocycles. The van der Waals surface area contributed by atoms with Gasteiger partial charge in [0.1, 0.15) is 0 Å². The number of nitrogens with zero attached hydrogens (tertiary/aromatic N) is 5. The molecular weight excluding hydrogens is 282 g/mol. The molecule has 1 atom stereocenters. The van der Waals surface area contributed by atoms with Gasteiger partial charge >= 0.3 is 6.03 Å². The molecule has 7 nitrogen and oxygen atoms in total. The highest BCUT2D eigenvalue weighted by Crippen LogP contribution is 2.27. The van der Waals surface area contributed by atoms with Crippen LogP contribution in [0, 0.1) is 0 Å². The lowest BCUT2D eigenvalue weighted by atomic mass is 9.98. The van der Waals surface area contributed by atoms with Crippen LogP contribution in [0.4, 0.5) is 4.79 Å². The molecule has 0 radical (unpaired) electrons. The van der Waals surface area contributed by atoms with Gasteiger partial charge in [0.15, 0.2) is 0 Å². The number of piperidine rings is 1. The Balaban J connectivity index is 1.74. The van der Waals surface area contributed by atoms with E-state index in [1.807, 2.05) is 17.0 Å². The Labute approximate surface area is 128 Å². The van der Waals surface area contributed by atoms with Gasteiger partial charge in [0.2, 0.25) is 11.7 Å². The van der Waals surface area contributed by atoms with E-state index in [1.54, 1.807) is 31.4 Å². The van der Waals surface area contributed by atoms with Crippen LogP contribution in [0.15, 0.2) is 29.0 Å². The normalized spacial score (nSPS) is 18.3. The van der Waals surface area contributed by atoms with Gasteiger partial charge in [0.25, 0.3) is 0 Å². The number of likely N-dealkylation sites (tertiary alicyclic amines) is 1. The Morgan fingerprint density at radius 1 is 1.36 bits per heavy atom. The van der Waals surface area contributed by atoms with E-state index >= 15 is 0 Å². The summed E-state index contributed by atoms with van der Waals surface area (Å²) in [4.78, 5) is 24.0. The fourth-order valence-electron chi connectivity index (χ4n) is 2.65. The summed E-state index contributed by atoms with van der Waals surface area (Å²) in [7, 11) is 3.53. The lowest BCUT2D eigenvalue weighted by molar-refractivity contribution is 0.149. The fraction of sp³-hybridized carbons (Fsp3) is 0.467. The van der Waals surface area contributed by atoms with Gasteiger partial charge in [-0.05, 0) is 25.0 Å². The van der Waals surface area contributed by atoms with Crippen LogP contribution in [-0.4, -0.2) is 58.1 Å². The zero-order valence-electron chi connectivity index (χ0n) is 12.8. The molecule has 0 spiro atoms. The molecule has 3 rings (SSSR count). The summed E-state index contributed by atoms with van der Waals surface area (Å²) in [6, 6.07) is 3.72. The minimum absolute atomic E-state index is 0.0265. The molecule has 0 N–H and O–H groups in total. The second-order valence-corrected chi connectivity index (χ2v) is 5.65. The monoisotopic (exact) mass is 301 g/mol. The number of urea groups is 1. The first kappa shape index (κ1) is 14.5. The molecule has 0 aromatic carbocycles. The number of hydrogen-bond donors (Lipinski definition) is 0. The van der Waals surface area contributed by atoms with Gasteiger partial charge in [0, 0.05) is 45.1 Å². The van der Waals surface area contributed by atoms with Crippen molar-refractivity contribution in [3.05, 3.63) is 30.4 Å². The largest absolute Gasteiger partial charge is 0.339 e. The summed E-state index contributed by atoms with van der Waals surface area (Å²) in [6.45, 7) is 1.40. The van der Waals surface area contributed by atoms with E-state index in [9.17, 15) is 4.79 Å². The second-order valence-electron chi connectivity index (χ2n) is 5.65. The molecule has 2 aromatic rings. The summed E-state index contributed by atoms with van der Waals surface area (Å²) in [5.74, 6) is 1.26. The maximum atomic E-state index is 12.1. The third-order valence-corrected chi connectivity index (χ3v) is 3.80. The molecule has 2 amide bonds. The van der Waals surface area contributed by atoms with E-state index in [4.69, 9.17) is 4.52 Å². The van der Waals surface area contributed by atoms with Crippen molar-refractivity contribution in [1.29, 1.82) is 0 Å². The maximum Gasteiger partial charge on any atom is 0.319 e. The van der Waals surface area contributed by atoms with Crippen molar-refractivity contribution in [2.45, 2.75) is 18.8 Å². The fourth-order valence-corrected chi connectivity index (χ4v) is 2.65. The topological polar surface area (TPSA) is 75.4 Å². The third kappa shape index (κ3) is 2.93. The number of rotatable bonds is 2. The molecule has 0 bridgehead atoms. The first-order valence-electron chi connectivity index (χ1n) is 7.35. The van der Waals surface area contributed by atoms with Crippen molar-refractivity contribution in [3.8, 4) is 11.4 Å². The number of pyridine rings is 1. The van der Waals surface area contributed by atoms with Crippen molar-refractivity contribution >= 4 is 6.03 Å². The van der Waals surface area contributed by atoms with Crippen molar-refractivity contribution in [2.24, 2.45) is 0 Å². The van der Waals surface area contributed by atoms with Crippen LogP contribution in [0.1, 0.15) is 24.7 Å². The number of carbonyl (C=O) groups excluding carboxylic acids is 1. The first-order valence-corrected chi connectivity index (χ1v) is 7.35. The van der Waals surface area contributed by atoms with Crippen LogP contribution in [-0.2, 0) is 0 Å². The van der Waals surface area contributed by atoms with Crippen LogP contribution in [0.2, 0.25) is 0 Å². The molecular formula is C15H19N5O2. The quantitative estimate of drug-likeness (QED) is 0.848. The highest BCUT2D eigenvalue weighted by molar-refractivity contribution is 5.74.